The Morgan fingerprint density at radius 2 is 1.88 bits per heavy atom. The molecule has 1 atom stereocenters. The van der Waals surface area contributed by atoms with Gasteiger partial charge in [0.05, 0.1) is 0 Å². The first-order valence-electron chi connectivity index (χ1n) is 9.46. The highest BCUT2D eigenvalue weighted by molar-refractivity contribution is 5.80. The van der Waals surface area contributed by atoms with Gasteiger partial charge in [-0.1, -0.05) is 29.8 Å². The normalized spacial score (nSPS) is 21.3. The van der Waals surface area contributed by atoms with E-state index in [1.165, 1.54) is 12.0 Å². The summed E-state index contributed by atoms with van der Waals surface area (Å²) in [6.07, 6.45) is 4.40. The van der Waals surface area contributed by atoms with Crippen molar-refractivity contribution in [1.29, 1.82) is 0 Å². The van der Waals surface area contributed by atoms with Gasteiger partial charge in [-0.25, -0.2) is 0 Å². The van der Waals surface area contributed by atoms with Crippen molar-refractivity contribution in [2.24, 2.45) is 5.92 Å². The van der Waals surface area contributed by atoms with Gasteiger partial charge in [-0.2, -0.15) is 0 Å². The fraction of sp³-hybridized carbons (Fsp3) is 0.600. The summed E-state index contributed by atoms with van der Waals surface area (Å²) in [5, 5.41) is 6.42. The SMILES string of the molecule is Cc1ccc(CNC(=O)C2CCN(C(=O)CC3CCCN3)CC2)cc1. The third-order valence-electron chi connectivity index (χ3n) is 5.39. The molecule has 1 unspecified atom stereocenters. The molecule has 2 saturated heterocycles. The van der Waals surface area contributed by atoms with Gasteiger partial charge >= 0.3 is 0 Å². The van der Waals surface area contributed by atoms with E-state index >= 15 is 0 Å². The van der Waals surface area contributed by atoms with E-state index in [9.17, 15) is 9.59 Å². The molecule has 5 heteroatoms. The maximum atomic E-state index is 12.4. The van der Waals surface area contributed by atoms with E-state index in [4.69, 9.17) is 0 Å². The van der Waals surface area contributed by atoms with Crippen LogP contribution in [0.15, 0.2) is 24.3 Å². The number of amides is 2. The highest BCUT2D eigenvalue weighted by Crippen LogP contribution is 2.19. The second-order valence-electron chi connectivity index (χ2n) is 7.36. The van der Waals surface area contributed by atoms with Crippen molar-refractivity contribution in [2.75, 3.05) is 19.6 Å². The van der Waals surface area contributed by atoms with E-state index in [-0.39, 0.29) is 17.7 Å². The van der Waals surface area contributed by atoms with E-state index in [0.717, 1.165) is 31.4 Å². The van der Waals surface area contributed by atoms with Crippen LogP contribution in [0.4, 0.5) is 0 Å². The summed E-state index contributed by atoms with van der Waals surface area (Å²) < 4.78 is 0. The van der Waals surface area contributed by atoms with Gasteiger partial charge in [0.2, 0.25) is 11.8 Å². The molecule has 2 aliphatic heterocycles. The smallest absolute Gasteiger partial charge is 0.224 e. The molecule has 0 bridgehead atoms. The molecule has 2 heterocycles. The highest BCUT2D eigenvalue weighted by Gasteiger charge is 2.28. The number of aryl methyl sites for hydroxylation is 1. The van der Waals surface area contributed by atoms with Gasteiger partial charge in [-0.05, 0) is 44.7 Å². The average molecular weight is 343 g/mol. The quantitative estimate of drug-likeness (QED) is 0.859. The predicted molar refractivity (Wildman–Crippen MR) is 98.0 cm³/mol. The number of hydrogen-bond donors (Lipinski definition) is 2. The van der Waals surface area contributed by atoms with Crippen LogP contribution in [-0.4, -0.2) is 42.4 Å². The molecule has 2 amide bonds. The number of likely N-dealkylation sites (tertiary alicyclic amines) is 1. The molecule has 1 aromatic rings. The Morgan fingerprint density at radius 1 is 1.16 bits per heavy atom. The number of nitrogens with one attached hydrogen (secondary N) is 2. The Morgan fingerprint density at radius 3 is 2.52 bits per heavy atom. The molecule has 2 fully saturated rings. The zero-order valence-corrected chi connectivity index (χ0v) is 15.1. The molecule has 1 aromatic carbocycles. The minimum atomic E-state index is 0.0269. The summed E-state index contributed by atoms with van der Waals surface area (Å²) in [5.41, 5.74) is 2.34. The van der Waals surface area contributed by atoms with Crippen LogP contribution in [0.1, 0.15) is 43.2 Å². The van der Waals surface area contributed by atoms with Crippen molar-refractivity contribution in [3.8, 4) is 0 Å². The third kappa shape index (κ3) is 5.05. The molecular weight excluding hydrogens is 314 g/mol. The lowest BCUT2D eigenvalue weighted by Crippen LogP contribution is -2.44. The zero-order valence-electron chi connectivity index (χ0n) is 15.1. The topological polar surface area (TPSA) is 61.4 Å². The minimum Gasteiger partial charge on any atom is -0.352 e. The lowest BCUT2D eigenvalue weighted by molar-refractivity contribution is -0.136. The van der Waals surface area contributed by atoms with Crippen LogP contribution in [0.2, 0.25) is 0 Å². The van der Waals surface area contributed by atoms with Crippen LogP contribution >= 0.6 is 0 Å². The second-order valence-corrected chi connectivity index (χ2v) is 7.36. The lowest BCUT2D eigenvalue weighted by Gasteiger charge is -2.32. The van der Waals surface area contributed by atoms with Crippen molar-refractivity contribution in [3.05, 3.63) is 35.4 Å². The van der Waals surface area contributed by atoms with Crippen molar-refractivity contribution in [1.82, 2.24) is 15.5 Å². The molecule has 0 aliphatic carbocycles. The first kappa shape index (κ1) is 17.9. The second kappa shape index (κ2) is 8.48. The van der Waals surface area contributed by atoms with E-state index in [2.05, 4.69) is 29.7 Å². The molecule has 136 valence electrons. The fourth-order valence-electron chi connectivity index (χ4n) is 3.70. The highest BCUT2D eigenvalue weighted by atomic mass is 16.2. The third-order valence-corrected chi connectivity index (χ3v) is 5.39. The minimum absolute atomic E-state index is 0.0269. The summed E-state index contributed by atoms with van der Waals surface area (Å²) >= 11 is 0. The van der Waals surface area contributed by atoms with E-state index in [1.807, 2.05) is 17.0 Å². The first-order valence-corrected chi connectivity index (χ1v) is 9.46. The molecule has 0 radical (unpaired) electrons. The van der Waals surface area contributed by atoms with Gasteiger partial charge in [0.25, 0.3) is 0 Å². The predicted octanol–water partition coefficient (Wildman–Crippen LogP) is 1.99. The molecule has 2 N–H and O–H groups in total. The lowest BCUT2D eigenvalue weighted by atomic mass is 9.95. The number of hydrogen-bond acceptors (Lipinski definition) is 3. The van der Waals surface area contributed by atoms with Gasteiger partial charge in [0.15, 0.2) is 0 Å². The van der Waals surface area contributed by atoms with Gasteiger partial charge in [0.1, 0.15) is 0 Å². The van der Waals surface area contributed by atoms with Crippen LogP contribution in [0.25, 0.3) is 0 Å². The Balaban J connectivity index is 1.39. The van der Waals surface area contributed by atoms with Crippen molar-refractivity contribution in [2.45, 2.75) is 51.6 Å². The maximum absolute atomic E-state index is 12.4. The van der Waals surface area contributed by atoms with Crippen LogP contribution < -0.4 is 10.6 Å². The number of rotatable bonds is 5. The van der Waals surface area contributed by atoms with Crippen LogP contribution in [-0.2, 0) is 16.1 Å². The Hall–Kier alpha value is -1.88. The number of carbonyl (C=O) groups is 2. The van der Waals surface area contributed by atoms with Crippen molar-refractivity contribution < 1.29 is 9.59 Å². The largest absolute Gasteiger partial charge is 0.352 e. The number of nitrogens with zero attached hydrogens (tertiary/aromatic N) is 1. The standard InChI is InChI=1S/C20H29N3O2/c1-15-4-6-16(7-5-15)14-22-20(25)17-8-11-23(12-9-17)19(24)13-18-3-2-10-21-18/h4-7,17-18,21H,2-3,8-14H2,1H3,(H,22,25). The van der Waals surface area contributed by atoms with Crippen LogP contribution in [0.3, 0.4) is 0 Å². The summed E-state index contributed by atoms with van der Waals surface area (Å²) in [4.78, 5) is 26.7. The summed E-state index contributed by atoms with van der Waals surface area (Å²) in [7, 11) is 0. The van der Waals surface area contributed by atoms with Gasteiger partial charge < -0.3 is 15.5 Å². The fourth-order valence-corrected chi connectivity index (χ4v) is 3.70. The summed E-state index contributed by atoms with van der Waals surface area (Å²) in [6, 6.07) is 8.57. The molecular formula is C20H29N3O2. The first-order chi connectivity index (χ1) is 12.1. The molecule has 2 aliphatic rings. The molecule has 3 rings (SSSR count). The maximum Gasteiger partial charge on any atom is 0.224 e. The van der Waals surface area contributed by atoms with Gasteiger partial charge in [0, 0.05) is 38.0 Å². The van der Waals surface area contributed by atoms with Gasteiger partial charge in [-0.15, -0.1) is 0 Å². The van der Waals surface area contributed by atoms with E-state index < -0.39 is 0 Å². The van der Waals surface area contributed by atoms with E-state index in [0.29, 0.717) is 32.1 Å². The number of benzene rings is 1. The van der Waals surface area contributed by atoms with E-state index in [1.54, 1.807) is 0 Å². The van der Waals surface area contributed by atoms with Crippen LogP contribution in [0.5, 0.6) is 0 Å². The van der Waals surface area contributed by atoms with Crippen LogP contribution in [0, 0.1) is 12.8 Å². The van der Waals surface area contributed by atoms with Gasteiger partial charge in [-0.3, -0.25) is 9.59 Å². The number of carbonyl (C=O) groups excluding carboxylic acids is 2. The van der Waals surface area contributed by atoms with Crippen molar-refractivity contribution in [3.63, 3.8) is 0 Å². The molecule has 0 aromatic heterocycles. The summed E-state index contributed by atoms with van der Waals surface area (Å²) in [6.45, 7) is 5.06. The average Bonchev–Trinajstić information content (AvgIpc) is 3.14. The van der Waals surface area contributed by atoms with Crippen molar-refractivity contribution >= 4 is 11.8 Å². The zero-order chi connectivity index (χ0) is 17.6. The molecule has 5 nitrogen and oxygen atoms in total. The number of piperidine rings is 1. The molecule has 0 saturated carbocycles. The Kier molecular flexibility index (Phi) is 6.08. The molecule has 25 heavy (non-hydrogen) atoms. The Bertz CT molecular complexity index is 585. The summed E-state index contributed by atoms with van der Waals surface area (Å²) in [5.74, 6) is 0.377. The molecule has 0 spiro atoms. The monoisotopic (exact) mass is 343 g/mol. The Labute approximate surface area is 150 Å².